The number of benzene rings is 1. The minimum Gasteiger partial charge on any atom is -0.466 e. The lowest BCUT2D eigenvalue weighted by atomic mass is 9.60. The highest BCUT2D eigenvalue weighted by atomic mass is 16.5. The Labute approximate surface area is 137 Å². The van der Waals surface area contributed by atoms with Gasteiger partial charge in [0.1, 0.15) is 0 Å². The summed E-state index contributed by atoms with van der Waals surface area (Å²) in [7, 11) is 0. The van der Waals surface area contributed by atoms with E-state index >= 15 is 0 Å². The molecular weight excluding hydrogens is 290 g/mol. The Balaban J connectivity index is 1.69. The summed E-state index contributed by atoms with van der Waals surface area (Å²) < 4.78 is 5.27. The van der Waals surface area contributed by atoms with E-state index in [9.17, 15) is 9.59 Å². The second-order valence-electron chi connectivity index (χ2n) is 6.40. The number of ether oxygens (including phenoxy) is 1. The predicted octanol–water partition coefficient (Wildman–Crippen LogP) is 3.24. The van der Waals surface area contributed by atoms with Gasteiger partial charge >= 0.3 is 5.97 Å². The third kappa shape index (κ3) is 3.03. The van der Waals surface area contributed by atoms with Gasteiger partial charge in [-0.1, -0.05) is 36.8 Å². The summed E-state index contributed by atoms with van der Waals surface area (Å²) in [6.45, 7) is 2.85. The topological polar surface area (TPSA) is 46.6 Å². The second-order valence-corrected chi connectivity index (χ2v) is 6.40. The molecule has 4 heteroatoms. The monoisotopic (exact) mass is 313 g/mol. The number of carbonyl (C=O) groups is 2. The summed E-state index contributed by atoms with van der Waals surface area (Å²) in [5.41, 5.74) is 0.633. The smallest absolute Gasteiger partial charge is 0.312 e. The summed E-state index contributed by atoms with van der Waals surface area (Å²) in [5, 5.41) is 0. The lowest BCUT2D eigenvalue weighted by Gasteiger charge is -2.43. The summed E-state index contributed by atoms with van der Waals surface area (Å²) in [6, 6.07) is 9.91. The molecule has 4 nitrogen and oxygen atoms in total. The van der Waals surface area contributed by atoms with Gasteiger partial charge < -0.3 is 9.64 Å². The van der Waals surface area contributed by atoms with Gasteiger partial charge in [0.15, 0.2) is 0 Å². The molecule has 0 aromatic heterocycles. The highest BCUT2D eigenvalue weighted by Crippen LogP contribution is 2.51. The van der Waals surface area contributed by atoms with Crippen LogP contribution >= 0.6 is 0 Å². The van der Waals surface area contributed by atoms with E-state index in [2.05, 4.69) is 0 Å². The van der Waals surface area contributed by atoms with E-state index < -0.39 is 5.41 Å². The van der Waals surface area contributed by atoms with Crippen LogP contribution in [-0.2, 0) is 14.3 Å². The molecule has 1 atom stereocenters. The van der Waals surface area contributed by atoms with Crippen molar-refractivity contribution in [2.24, 2.45) is 11.3 Å². The minimum absolute atomic E-state index is 0.0724. The third-order valence-corrected chi connectivity index (χ3v) is 5.11. The van der Waals surface area contributed by atoms with Crippen LogP contribution in [0.4, 0.5) is 0 Å². The Morgan fingerprint density at radius 2 is 2.09 bits per heavy atom. The van der Waals surface area contributed by atoms with Gasteiger partial charge in [0.25, 0.3) is 0 Å². The van der Waals surface area contributed by atoms with Crippen LogP contribution in [0.1, 0.15) is 38.2 Å². The van der Waals surface area contributed by atoms with Gasteiger partial charge in [0.2, 0.25) is 5.91 Å². The normalized spacial score (nSPS) is 23.1. The first-order valence-corrected chi connectivity index (χ1v) is 8.35. The molecule has 2 fully saturated rings. The largest absolute Gasteiger partial charge is 0.466 e. The molecule has 1 heterocycles. The van der Waals surface area contributed by atoms with Gasteiger partial charge in [-0.05, 0) is 31.4 Å². The van der Waals surface area contributed by atoms with Crippen LogP contribution in [-0.4, -0.2) is 29.9 Å². The summed E-state index contributed by atoms with van der Waals surface area (Å²) in [5.74, 6) is 0.0546. The molecule has 0 N–H and O–H groups in total. The van der Waals surface area contributed by atoms with Crippen molar-refractivity contribution in [3.63, 3.8) is 0 Å². The Morgan fingerprint density at radius 1 is 1.35 bits per heavy atom. The van der Waals surface area contributed by atoms with Crippen molar-refractivity contribution in [2.75, 3.05) is 13.2 Å². The molecule has 1 aliphatic carbocycles. The van der Waals surface area contributed by atoms with Crippen molar-refractivity contribution in [1.82, 2.24) is 4.90 Å². The molecule has 0 radical (unpaired) electrons. The van der Waals surface area contributed by atoms with Crippen LogP contribution in [0.5, 0.6) is 0 Å². The standard InChI is InChI=1S/C19H23NO3/c1-2-23-18(22)19(10-6-11-19)16-13-17(21)20(14-16)12-9-15-7-4-3-5-8-15/h3-5,7-9,12,16H,2,6,10-11,13-14H2,1H3. The van der Waals surface area contributed by atoms with Crippen LogP contribution in [0.3, 0.4) is 0 Å². The Bertz CT molecular complexity index is 604. The maximum Gasteiger partial charge on any atom is 0.312 e. The van der Waals surface area contributed by atoms with E-state index in [0.717, 1.165) is 24.8 Å². The number of hydrogen-bond acceptors (Lipinski definition) is 3. The lowest BCUT2D eigenvalue weighted by molar-refractivity contribution is -0.166. The summed E-state index contributed by atoms with van der Waals surface area (Å²) >= 11 is 0. The molecule has 3 rings (SSSR count). The van der Waals surface area contributed by atoms with Gasteiger partial charge in [-0.3, -0.25) is 9.59 Å². The number of esters is 1. The molecule has 1 aliphatic heterocycles. The van der Waals surface area contributed by atoms with Gasteiger partial charge in [0, 0.05) is 25.1 Å². The zero-order valence-electron chi connectivity index (χ0n) is 13.5. The molecule has 1 aromatic rings. The van der Waals surface area contributed by atoms with Crippen LogP contribution in [0.25, 0.3) is 6.08 Å². The van der Waals surface area contributed by atoms with Crippen molar-refractivity contribution in [3.05, 3.63) is 42.1 Å². The van der Waals surface area contributed by atoms with Crippen molar-refractivity contribution in [1.29, 1.82) is 0 Å². The van der Waals surface area contributed by atoms with Gasteiger partial charge in [-0.2, -0.15) is 0 Å². The molecule has 1 amide bonds. The Hall–Kier alpha value is -2.10. The maximum atomic E-state index is 12.4. The summed E-state index contributed by atoms with van der Waals surface area (Å²) in [4.78, 5) is 26.4. The molecule has 1 aromatic carbocycles. The van der Waals surface area contributed by atoms with Gasteiger partial charge in [-0.15, -0.1) is 0 Å². The molecular formula is C19H23NO3. The molecule has 23 heavy (non-hydrogen) atoms. The number of nitrogens with zero attached hydrogens (tertiary/aromatic N) is 1. The van der Waals surface area contributed by atoms with Crippen LogP contribution in [0.2, 0.25) is 0 Å². The number of rotatable bonds is 5. The molecule has 122 valence electrons. The molecule has 1 unspecified atom stereocenters. The van der Waals surface area contributed by atoms with E-state index in [1.54, 1.807) is 4.90 Å². The molecule has 2 aliphatic rings. The number of hydrogen-bond donors (Lipinski definition) is 0. The van der Waals surface area contributed by atoms with Crippen LogP contribution < -0.4 is 0 Å². The van der Waals surface area contributed by atoms with Gasteiger partial charge in [0.05, 0.1) is 12.0 Å². The van der Waals surface area contributed by atoms with Crippen molar-refractivity contribution >= 4 is 18.0 Å². The van der Waals surface area contributed by atoms with E-state index in [-0.39, 0.29) is 17.8 Å². The Morgan fingerprint density at radius 3 is 2.70 bits per heavy atom. The molecule has 1 saturated heterocycles. The number of carbonyl (C=O) groups excluding carboxylic acids is 2. The van der Waals surface area contributed by atoms with Crippen LogP contribution in [0.15, 0.2) is 36.5 Å². The average molecular weight is 313 g/mol. The zero-order valence-corrected chi connectivity index (χ0v) is 13.5. The number of amides is 1. The third-order valence-electron chi connectivity index (χ3n) is 5.11. The highest BCUT2D eigenvalue weighted by Gasteiger charge is 2.54. The van der Waals surface area contributed by atoms with E-state index in [1.165, 1.54) is 0 Å². The predicted molar refractivity (Wildman–Crippen MR) is 88.2 cm³/mol. The minimum atomic E-state index is -0.430. The maximum absolute atomic E-state index is 12.4. The first-order valence-electron chi connectivity index (χ1n) is 8.35. The van der Waals surface area contributed by atoms with E-state index in [1.807, 2.05) is 49.5 Å². The second kappa shape index (κ2) is 6.57. The van der Waals surface area contributed by atoms with E-state index in [4.69, 9.17) is 4.74 Å². The lowest BCUT2D eigenvalue weighted by Crippen LogP contribution is -2.46. The van der Waals surface area contributed by atoms with Crippen molar-refractivity contribution in [2.45, 2.75) is 32.6 Å². The Kier molecular flexibility index (Phi) is 4.51. The molecule has 1 saturated carbocycles. The fourth-order valence-electron chi connectivity index (χ4n) is 3.60. The quantitative estimate of drug-likeness (QED) is 0.784. The highest BCUT2D eigenvalue weighted by molar-refractivity contribution is 5.84. The fraction of sp³-hybridized carbons (Fsp3) is 0.474. The zero-order chi connectivity index (χ0) is 16.3. The fourth-order valence-corrected chi connectivity index (χ4v) is 3.60. The number of likely N-dealkylation sites (tertiary alicyclic amines) is 1. The van der Waals surface area contributed by atoms with Crippen molar-refractivity contribution < 1.29 is 14.3 Å². The van der Waals surface area contributed by atoms with Crippen LogP contribution in [0, 0.1) is 11.3 Å². The SMILES string of the molecule is CCOC(=O)C1(C2CC(=O)N(C=Cc3ccccc3)C2)CCC1. The molecule has 0 bridgehead atoms. The molecule has 0 spiro atoms. The van der Waals surface area contributed by atoms with Crippen molar-refractivity contribution in [3.8, 4) is 0 Å². The van der Waals surface area contributed by atoms with Gasteiger partial charge in [-0.25, -0.2) is 0 Å². The first-order chi connectivity index (χ1) is 11.2. The van der Waals surface area contributed by atoms with E-state index in [0.29, 0.717) is 19.6 Å². The summed E-state index contributed by atoms with van der Waals surface area (Å²) in [6.07, 6.45) is 6.97. The average Bonchev–Trinajstić information content (AvgIpc) is 2.86. The first kappa shape index (κ1) is 15.8.